The van der Waals surface area contributed by atoms with Crippen LogP contribution in [0.5, 0.6) is 0 Å². The average molecular weight is 339 g/mol. The minimum atomic E-state index is -0.832. The van der Waals surface area contributed by atoms with Crippen molar-refractivity contribution in [2.45, 2.75) is 32.2 Å². The van der Waals surface area contributed by atoms with Gasteiger partial charge in [-0.05, 0) is 63.9 Å². The molecule has 1 fully saturated rings. The molecule has 24 heavy (non-hydrogen) atoms. The molecule has 1 aromatic carbocycles. The molecule has 1 heterocycles. The molecule has 1 aliphatic heterocycles. The van der Waals surface area contributed by atoms with Crippen molar-refractivity contribution in [1.82, 2.24) is 15.1 Å². The molecular weight excluding hydrogens is 312 g/mol. The summed E-state index contributed by atoms with van der Waals surface area (Å²) >= 11 is 0. The Bertz CT molecular complexity index is 565. The molecular formula is C18H27F2N3O. The lowest BCUT2D eigenvalue weighted by molar-refractivity contribution is 0.201. The molecule has 0 aliphatic carbocycles. The summed E-state index contributed by atoms with van der Waals surface area (Å²) in [6.45, 7) is 4.51. The van der Waals surface area contributed by atoms with Crippen LogP contribution in [-0.4, -0.2) is 55.6 Å². The maximum absolute atomic E-state index is 13.2. The highest BCUT2D eigenvalue weighted by molar-refractivity contribution is 5.74. The van der Waals surface area contributed by atoms with Crippen molar-refractivity contribution in [1.29, 1.82) is 0 Å². The van der Waals surface area contributed by atoms with Crippen LogP contribution < -0.4 is 5.32 Å². The fraction of sp³-hybridized carbons (Fsp3) is 0.611. The maximum Gasteiger partial charge on any atom is 0.317 e. The predicted molar refractivity (Wildman–Crippen MR) is 90.9 cm³/mol. The Morgan fingerprint density at radius 2 is 2.12 bits per heavy atom. The average Bonchev–Trinajstić information content (AvgIpc) is 2.96. The number of urea groups is 1. The topological polar surface area (TPSA) is 35.6 Å². The fourth-order valence-electron chi connectivity index (χ4n) is 3.14. The normalized spacial score (nSPS) is 18.9. The lowest BCUT2D eigenvalue weighted by Crippen LogP contribution is -2.43. The standard InChI is InChI=1S/C18H27F2N3O/c1-13(4-5-14-6-7-16(19)17(20)10-14)21-18(24)23-9-8-15(12-23)11-22(2)3/h6-7,10,13,15H,4-5,8-9,11-12H2,1-3H3,(H,21,24)/t13-,15+/m1/s1. The molecule has 0 unspecified atom stereocenters. The number of halogens is 2. The summed E-state index contributed by atoms with van der Waals surface area (Å²) in [4.78, 5) is 16.3. The number of carbonyl (C=O) groups excluding carboxylic acids is 1. The van der Waals surface area contributed by atoms with Crippen molar-refractivity contribution in [3.63, 3.8) is 0 Å². The predicted octanol–water partition coefficient (Wildman–Crippen LogP) is 2.88. The molecule has 0 saturated carbocycles. The second kappa shape index (κ2) is 8.42. The zero-order valence-electron chi connectivity index (χ0n) is 14.7. The molecule has 2 atom stereocenters. The number of carbonyl (C=O) groups is 1. The molecule has 1 aliphatic rings. The molecule has 0 radical (unpaired) electrons. The van der Waals surface area contributed by atoms with Crippen LogP contribution in [0.2, 0.25) is 0 Å². The summed E-state index contributed by atoms with van der Waals surface area (Å²) in [7, 11) is 4.09. The zero-order chi connectivity index (χ0) is 17.7. The molecule has 1 aromatic rings. The van der Waals surface area contributed by atoms with Crippen molar-refractivity contribution >= 4 is 6.03 Å². The first kappa shape index (κ1) is 18.6. The van der Waals surface area contributed by atoms with E-state index in [9.17, 15) is 13.6 Å². The number of amides is 2. The van der Waals surface area contributed by atoms with E-state index >= 15 is 0 Å². The number of likely N-dealkylation sites (tertiary alicyclic amines) is 1. The van der Waals surface area contributed by atoms with Crippen LogP contribution in [0.1, 0.15) is 25.3 Å². The molecule has 6 heteroatoms. The Morgan fingerprint density at radius 1 is 1.38 bits per heavy atom. The van der Waals surface area contributed by atoms with E-state index in [1.54, 1.807) is 6.07 Å². The molecule has 0 spiro atoms. The zero-order valence-corrected chi connectivity index (χ0v) is 14.7. The Morgan fingerprint density at radius 3 is 2.79 bits per heavy atom. The van der Waals surface area contributed by atoms with Crippen molar-refractivity contribution < 1.29 is 13.6 Å². The van der Waals surface area contributed by atoms with Crippen molar-refractivity contribution in [2.24, 2.45) is 5.92 Å². The van der Waals surface area contributed by atoms with Crippen LogP contribution in [0.3, 0.4) is 0 Å². The summed E-state index contributed by atoms with van der Waals surface area (Å²) in [5, 5.41) is 3.00. The van der Waals surface area contributed by atoms with E-state index in [-0.39, 0.29) is 12.1 Å². The van der Waals surface area contributed by atoms with Gasteiger partial charge in [-0.15, -0.1) is 0 Å². The van der Waals surface area contributed by atoms with Gasteiger partial charge in [0, 0.05) is 25.7 Å². The second-order valence-electron chi connectivity index (χ2n) is 7.00. The van der Waals surface area contributed by atoms with Crippen molar-refractivity contribution in [3.05, 3.63) is 35.4 Å². The Labute approximate surface area is 142 Å². The number of hydrogen-bond acceptors (Lipinski definition) is 2. The Balaban J connectivity index is 1.74. The van der Waals surface area contributed by atoms with Crippen LogP contribution >= 0.6 is 0 Å². The van der Waals surface area contributed by atoms with Gasteiger partial charge in [0.1, 0.15) is 0 Å². The molecule has 1 N–H and O–H groups in total. The van der Waals surface area contributed by atoms with Gasteiger partial charge in [-0.25, -0.2) is 13.6 Å². The molecule has 1 saturated heterocycles. The summed E-state index contributed by atoms with van der Waals surface area (Å²) < 4.78 is 26.1. The number of nitrogens with zero attached hydrogens (tertiary/aromatic N) is 2. The highest BCUT2D eigenvalue weighted by atomic mass is 19.2. The number of benzene rings is 1. The lowest BCUT2D eigenvalue weighted by atomic mass is 10.1. The molecule has 0 aromatic heterocycles. The largest absolute Gasteiger partial charge is 0.336 e. The van der Waals surface area contributed by atoms with E-state index in [0.29, 0.717) is 18.8 Å². The molecule has 134 valence electrons. The number of aryl methyl sites for hydroxylation is 1. The van der Waals surface area contributed by atoms with Crippen LogP contribution in [0.15, 0.2) is 18.2 Å². The molecule has 0 bridgehead atoms. The van der Waals surface area contributed by atoms with Crippen LogP contribution in [-0.2, 0) is 6.42 Å². The van der Waals surface area contributed by atoms with E-state index < -0.39 is 11.6 Å². The minimum Gasteiger partial charge on any atom is -0.336 e. The van der Waals surface area contributed by atoms with Gasteiger partial charge in [0.15, 0.2) is 11.6 Å². The fourth-order valence-corrected chi connectivity index (χ4v) is 3.14. The van der Waals surface area contributed by atoms with E-state index in [4.69, 9.17) is 0 Å². The Hall–Kier alpha value is -1.69. The van der Waals surface area contributed by atoms with Crippen LogP contribution in [0, 0.1) is 17.6 Å². The third-order valence-corrected chi connectivity index (χ3v) is 4.42. The number of hydrogen-bond donors (Lipinski definition) is 1. The van der Waals surface area contributed by atoms with E-state index in [2.05, 4.69) is 10.2 Å². The van der Waals surface area contributed by atoms with E-state index in [1.165, 1.54) is 6.07 Å². The monoisotopic (exact) mass is 339 g/mol. The first-order valence-electron chi connectivity index (χ1n) is 8.49. The Kier molecular flexibility index (Phi) is 6.54. The molecule has 2 rings (SSSR count). The van der Waals surface area contributed by atoms with Gasteiger partial charge in [-0.3, -0.25) is 0 Å². The van der Waals surface area contributed by atoms with Gasteiger partial charge in [-0.1, -0.05) is 6.07 Å². The summed E-state index contributed by atoms with van der Waals surface area (Å²) in [5.41, 5.74) is 0.738. The van der Waals surface area contributed by atoms with Gasteiger partial charge in [0.25, 0.3) is 0 Å². The van der Waals surface area contributed by atoms with Gasteiger partial charge in [0.2, 0.25) is 0 Å². The third kappa shape index (κ3) is 5.44. The third-order valence-electron chi connectivity index (χ3n) is 4.42. The maximum atomic E-state index is 13.2. The van der Waals surface area contributed by atoms with E-state index in [1.807, 2.05) is 25.9 Å². The quantitative estimate of drug-likeness (QED) is 0.865. The van der Waals surface area contributed by atoms with Crippen molar-refractivity contribution in [2.75, 3.05) is 33.7 Å². The summed E-state index contributed by atoms with van der Waals surface area (Å²) in [6.07, 6.45) is 2.32. The summed E-state index contributed by atoms with van der Waals surface area (Å²) in [5.74, 6) is -1.13. The minimum absolute atomic E-state index is 0.0153. The second-order valence-corrected chi connectivity index (χ2v) is 7.00. The van der Waals surface area contributed by atoms with Crippen molar-refractivity contribution in [3.8, 4) is 0 Å². The highest BCUT2D eigenvalue weighted by Crippen LogP contribution is 2.17. The van der Waals surface area contributed by atoms with Gasteiger partial charge in [-0.2, -0.15) is 0 Å². The summed E-state index contributed by atoms with van der Waals surface area (Å²) in [6, 6.07) is 3.89. The van der Waals surface area contributed by atoms with Crippen LogP contribution in [0.25, 0.3) is 0 Å². The van der Waals surface area contributed by atoms with E-state index in [0.717, 1.165) is 37.7 Å². The smallest absolute Gasteiger partial charge is 0.317 e. The lowest BCUT2D eigenvalue weighted by Gasteiger charge is -2.22. The first-order chi connectivity index (χ1) is 11.3. The highest BCUT2D eigenvalue weighted by Gasteiger charge is 2.26. The molecule has 4 nitrogen and oxygen atoms in total. The van der Waals surface area contributed by atoms with Gasteiger partial charge < -0.3 is 15.1 Å². The number of rotatable bonds is 6. The first-order valence-corrected chi connectivity index (χ1v) is 8.49. The van der Waals surface area contributed by atoms with Gasteiger partial charge in [0.05, 0.1) is 0 Å². The SMILES string of the molecule is C[C@H](CCc1ccc(F)c(F)c1)NC(=O)N1CC[C@@H](CN(C)C)C1. The molecule has 2 amide bonds. The van der Waals surface area contributed by atoms with Gasteiger partial charge >= 0.3 is 6.03 Å². The van der Waals surface area contributed by atoms with Crippen LogP contribution in [0.4, 0.5) is 13.6 Å². The number of nitrogens with one attached hydrogen (secondary N) is 1.